The van der Waals surface area contributed by atoms with Crippen LogP contribution in [0.1, 0.15) is 32.8 Å². The second-order valence-corrected chi connectivity index (χ2v) is 5.98. The Hall–Kier alpha value is -1.88. The highest BCUT2D eigenvalue weighted by atomic mass is 16.5. The van der Waals surface area contributed by atoms with Crippen LogP contribution in [0.15, 0.2) is 30.3 Å². The van der Waals surface area contributed by atoms with Gasteiger partial charge in [0.1, 0.15) is 6.61 Å². The van der Waals surface area contributed by atoms with Crippen molar-refractivity contribution in [1.29, 1.82) is 0 Å². The first-order valence-electron chi connectivity index (χ1n) is 7.48. The topological polar surface area (TPSA) is 75.6 Å². The molecule has 1 aromatic carbocycles. The number of nitrogens with one attached hydrogen (secondary N) is 1. The molecule has 0 aliphatic heterocycles. The van der Waals surface area contributed by atoms with Crippen LogP contribution in [-0.4, -0.2) is 35.7 Å². The standard InChI is InChI=1S/C17H25NO4/c1-13(2)17(3,11-16(20)21)18-15(19)12-22-10-9-14-7-5-4-6-8-14/h4-8,13H,9-12H2,1-3H3,(H,18,19)(H,20,21). The molecule has 5 nitrogen and oxygen atoms in total. The maximum absolute atomic E-state index is 11.9. The SMILES string of the molecule is CC(C)C(C)(CC(=O)O)NC(=O)COCCc1ccccc1. The fraction of sp³-hybridized carbons (Fsp3) is 0.529. The molecule has 122 valence electrons. The van der Waals surface area contributed by atoms with Gasteiger partial charge in [0.15, 0.2) is 0 Å². The summed E-state index contributed by atoms with van der Waals surface area (Å²) in [6, 6.07) is 9.88. The van der Waals surface area contributed by atoms with Gasteiger partial charge < -0.3 is 15.2 Å². The minimum absolute atomic E-state index is 0.0110. The highest BCUT2D eigenvalue weighted by Crippen LogP contribution is 2.20. The number of hydrogen-bond acceptors (Lipinski definition) is 3. The molecule has 0 aromatic heterocycles. The Labute approximate surface area is 131 Å². The molecule has 1 unspecified atom stereocenters. The average molecular weight is 307 g/mol. The van der Waals surface area contributed by atoms with E-state index in [1.165, 1.54) is 0 Å². The molecular weight excluding hydrogens is 282 g/mol. The monoisotopic (exact) mass is 307 g/mol. The van der Waals surface area contributed by atoms with E-state index < -0.39 is 11.5 Å². The first-order chi connectivity index (χ1) is 10.3. The largest absolute Gasteiger partial charge is 0.481 e. The highest BCUT2D eigenvalue weighted by molar-refractivity contribution is 5.79. The first kappa shape index (κ1) is 18.2. The van der Waals surface area contributed by atoms with Crippen LogP contribution < -0.4 is 5.32 Å². The number of carbonyl (C=O) groups is 2. The van der Waals surface area contributed by atoms with Crippen LogP contribution in [0.3, 0.4) is 0 Å². The van der Waals surface area contributed by atoms with Gasteiger partial charge in [-0.25, -0.2) is 0 Å². The van der Waals surface area contributed by atoms with E-state index in [0.717, 1.165) is 12.0 Å². The van der Waals surface area contributed by atoms with Gasteiger partial charge in [0.05, 0.1) is 18.6 Å². The lowest BCUT2D eigenvalue weighted by atomic mass is 9.85. The zero-order chi connectivity index (χ0) is 16.6. The molecule has 5 heteroatoms. The summed E-state index contributed by atoms with van der Waals surface area (Å²) in [6.45, 7) is 5.91. The summed E-state index contributed by atoms with van der Waals surface area (Å²) in [7, 11) is 0. The minimum atomic E-state index is -0.929. The smallest absolute Gasteiger partial charge is 0.305 e. The molecule has 1 atom stereocenters. The van der Waals surface area contributed by atoms with Gasteiger partial charge in [-0.05, 0) is 24.8 Å². The molecule has 0 bridgehead atoms. The number of rotatable bonds is 9. The van der Waals surface area contributed by atoms with Crippen LogP contribution in [-0.2, 0) is 20.7 Å². The molecule has 0 fully saturated rings. The summed E-state index contributed by atoms with van der Waals surface area (Å²) < 4.78 is 5.37. The third-order valence-electron chi connectivity index (χ3n) is 3.83. The molecule has 0 spiro atoms. The Morgan fingerprint density at radius 2 is 1.91 bits per heavy atom. The van der Waals surface area contributed by atoms with Gasteiger partial charge in [0.25, 0.3) is 0 Å². The van der Waals surface area contributed by atoms with Gasteiger partial charge >= 0.3 is 5.97 Å². The van der Waals surface area contributed by atoms with Crippen LogP contribution in [0.2, 0.25) is 0 Å². The van der Waals surface area contributed by atoms with Gasteiger partial charge in [-0.15, -0.1) is 0 Å². The molecule has 22 heavy (non-hydrogen) atoms. The van der Waals surface area contributed by atoms with Crippen LogP contribution in [0.5, 0.6) is 0 Å². The molecule has 0 saturated heterocycles. The molecular formula is C17H25NO4. The van der Waals surface area contributed by atoms with E-state index in [9.17, 15) is 9.59 Å². The molecule has 0 radical (unpaired) electrons. The Morgan fingerprint density at radius 3 is 2.45 bits per heavy atom. The van der Waals surface area contributed by atoms with Crippen molar-refractivity contribution in [2.45, 2.75) is 39.2 Å². The molecule has 0 saturated carbocycles. The number of aliphatic carboxylic acids is 1. The lowest BCUT2D eigenvalue weighted by Crippen LogP contribution is -2.52. The summed E-state index contributed by atoms with van der Waals surface area (Å²) >= 11 is 0. The van der Waals surface area contributed by atoms with E-state index in [2.05, 4.69) is 5.32 Å². The van der Waals surface area contributed by atoms with Crippen molar-refractivity contribution in [1.82, 2.24) is 5.32 Å². The third kappa shape index (κ3) is 6.26. The van der Waals surface area contributed by atoms with E-state index in [-0.39, 0.29) is 24.9 Å². The number of carboxylic acid groups (broad SMARTS) is 1. The number of ether oxygens (including phenoxy) is 1. The molecule has 1 aromatic rings. The van der Waals surface area contributed by atoms with Crippen LogP contribution >= 0.6 is 0 Å². The van der Waals surface area contributed by atoms with Crippen molar-refractivity contribution in [3.8, 4) is 0 Å². The Kier molecular flexibility index (Phi) is 7.05. The van der Waals surface area contributed by atoms with Crippen LogP contribution in [0.25, 0.3) is 0 Å². The van der Waals surface area contributed by atoms with E-state index in [1.807, 2.05) is 44.2 Å². The van der Waals surface area contributed by atoms with Gasteiger partial charge in [-0.2, -0.15) is 0 Å². The average Bonchev–Trinajstić information content (AvgIpc) is 2.43. The fourth-order valence-electron chi connectivity index (χ4n) is 2.06. The second kappa shape index (κ2) is 8.54. The first-order valence-corrected chi connectivity index (χ1v) is 7.48. The Morgan fingerprint density at radius 1 is 1.27 bits per heavy atom. The number of carbonyl (C=O) groups excluding carboxylic acids is 1. The predicted octanol–water partition coefficient (Wildman–Crippen LogP) is 2.25. The van der Waals surface area contributed by atoms with E-state index in [4.69, 9.17) is 9.84 Å². The minimum Gasteiger partial charge on any atom is -0.481 e. The zero-order valence-corrected chi connectivity index (χ0v) is 13.5. The van der Waals surface area contributed by atoms with Gasteiger partial charge in [0.2, 0.25) is 5.91 Å². The summed E-state index contributed by atoms with van der Waals surface area (Å²) in [4.78, 5) is 22.9. The number of amides is 1. The normalized spacial score (nSPS) is 13.6. The van der Waals surface area contributed by atoms with Crippen molar-refractivity contribution >= 4 is 11.9 Å². The van der Waals surface area contributed by atoms with Gasteiger partial charge in [0, 0.05) is 0 Å². The predicted molar refractivity (Wildman–Crippen MR) is 84.6 cm³/mol. The van der Waals surface area contributed by atoms with E-state index in [1.54, 1.807) is 6.92 Å². The molecule has 0 aliphatic carbocycles. The molecule has 1 rings (SSSR count). The van der Waals surface area contributed by atoms with E-state index in [0.29, 0.717) is 6.61 Å². The summed E-state index contributed by atoms with van der Waals surface area (Å²) in [5, 5.41) is 11.7. The molecule has 1 amide bonds. The maximum atomic E-state index is 11.9. The van der Waals surface area contributed by atoms with Crippen molar-refractivity contribution in [2.24, 2.45) is 5.92 Å². The molecule has 0 heterocycles. The number of hydrogen-bond donors (Lipinski definition) is 2. The number of carboxylic acids is 1. The fourth-order valence-corrected chi connectivity index (χ4v) is 2.06. The van der Waals surface area contributed by atoms with Crippen molar-refractivity contribution in [3.05, 3.63) is 35.9 Å². The molecule has 2 N–H and O–H groups in total. The van der Waals surface area contributed by atoms with Crippen molar-refractivity contribution in [2.75, 3.05) is 13.2 Å². The second-order valence-electron chi connectivity index (χ2n) is 5.98. The van der Waals surface area contributed by atoms with Crippen LogP contribution in [0.4, 0.5) is 0 Å². The summed E-state index contributed by atoms with van der Waals surface area (Å²) in [5.41, 5.74) is 0.381. The number of benzene rings is 1. The summed E-state index contributed by atoms with van der Waals surface area (Å²) in [6.07, 6.45) is 0.630. The quantitative estimate of drug-likeness (QED) is 0.686. The zero-order valence-electron chi connectivity index (χ0n) is 13.5. The Bertz CT molecular complexity index is 487. The lowest BCUT2D eigenvalue weighted by Gasteiger charge is -2.33. The van der Waals surface area contributed by atoms with Crippen molar-refractivity contribution < 1.29 is 19.4 Å². The van der Waals surface area contributed by atoms with Crippen LogP contribution in [0, 0.1) is 5.92 Å². The van der Waals surface area contributed by atoms with Gasteiger partial charge in [-0.3, -0.25) is 9.59 Å². The third-order valence-corrected chi connectivity index (χ3v) is 3.83. The highest BCUT2D eigenvalue weighted by Gasteiger charge is 2.32. The van der Waals surface area contributed by atoms with E-state index >= 15 is 0 Å². The summed E-state index contributed by atoms with van der Waals surface area (Å²) in [5.74, 6) is -1.20. The molecule has 0 aliphatic rings. The maximum Gasteiger partial charge on any atom is 0.305 e. The van der Waals surface area contributed by atoms with Crippen molar-refractivity contribution in [3.63, 3.8) is 0 Å². The lowest BCUT2D eigenvalue weighted by molar-refractivity contribution is -0.140. The Balaban J connectivity index is 2.36. The van der Waals surface area contributed by atoms with Gasteiger partial charge in [-0.1, -0.05) is 44.2 Å².